The number of hydrogen-bond donors (Lipinski definition) is 1. The molecule has 6 heteroatoms. The first kappa shape index (κ1) is 15.8. The Bertz CT molecular complexity index is 544. The van der Waals surface area contributed by atoms with E-state index in [0.29, 0.717) is 22.4 Å². The van der Waals surface area contributed by atoms with Gasteiger partial charge in [-0.25, -0.2) is 8.42 Å². The maximum Gasteiger partial charge on any atom is 0.179 e. The Balaban J connectivity index is 2.01. The van der Waals surface area contributed by atoms with Gasteiger partial charge in [0.1, 0.15) is 0 Å². The molecule has 0 radical (unpaired) electrons. The van der Waals surface area contributed by atoms with Gasteiger partial charge < -0.3 is 5.11 Å². The van der Waals surface area contributed by atoms with Crippen LogP contribution in [-0.4, -0.2) is 49.9 Å². The molecule has 1 aliphatic rings. The topological polar surface area (TPSA) is 57.6 Å². The molecule has 0 amide bonds. The first-order chi connectivity index (χ1) is 9.44. The minimum Gasteiger partial charge on any atom is -0.395 e. The summed E-state index contributed by atoms with van der Waals surface area (Å²) in [5, 5.41) is 9.90. The molecule has 0 bridgehead atoms. The molecular formula is C14H20ClNO3S. The third-order valence-electron chi connectivity index (χ3n) is 4.00. The van der Waals surface area contributed by atoms with Crippen molar-refractivity contribution in [3.8, 4) is 0 Å². The average molecular weight is 318 g/mol. The summed E-state index contributed by atoms with van der Waals surface area (Å²) in [6, 6.07) is 6.32. The van der Waals surface area contributed by atoms with Gasteiger partial charge in [-0.3, -0.25) is 4.90 Å². The molecule has 1 heterocycles. The zero-order chi connectivity index (χ0) is 14.8. The average Bonchev–Trinajstić information content (AvgIpc) is 2.77. The number of aliphatic hydroxyl groups excluding tert-OH is 1. The summed E-state index contributed by atoms with van der Waals surface area (Å²) in [4.78, 5) is 2.37. The predicted molar refractivity (Wildman–Crippen MR) is 79.7 cm³/mol. The fourth-order valence-corrected chi connectivity index (χ4v) is 4.05. The van der Waals surface area contributed by atoms with Crippen LogP contribution < -0.4 is 0 Å². The molecule has 0 spiro atoms. The molecule has 1 saturated heterocycles. The standard InChI is InChI=1S/C14H20ClNO3S/c1-11-6-7-16(14(11)10-17)8-9-20(18,19)13-4-2-12(15)3-5-13/h2-5,11,14,17H,6-10H2,1H3. The second kappa shape index (κ2) is 6.43. The van der Waals surface area contributed by atoms with Gasteiger partial charge in [-0.05, 0) is 43.1 Å². The predicted octanol–water partition coefficient (Wildman–Crippen LogP) is 1.82. The van der Waals surface area contributed by atoms with Gasteiger partial charge >= 0.3 is 0 Å². The van der Waals surface area contributed by atoms with Crippen LogP contribution in [-0.2, 0) is 9.84 Å². The highest BCUT2D eigenvalue weighted by atomic mass is 35.5. The van der Waals surface area contributed by atoms with Crippen molar-refractivity contribution in [1.29, 1.82) is 0 Å². The molecule has 0 aliphatic carbocycles. The van der Waals surface area contributed by atoms with Crippen LogP contribution in [0.2, 0.25) is 5.02 Å². The largest absolute Gasteiger partial charge is 0.395 e. The van der Waals surface area contributed by atoms with E-state index in [4.69, 9.17) is 11.6 Å². The quantitative estimate of drug-likeness (QED) is 0.900. The summed E-state index contributed by atoms with van der Waals surface area (Å²) in [6.45, 7) is 3.49. The fourth-order valence-electron chi connectivity index (χ4n) is 2.66. The molecule has 1 aromatic carbocycles. The Morgan fingerprint density at radius 1 is 1.35 bits per heavy atom. The Hall–Kier alpha value is -0.620. The van der Waals surface area contributed by atoms with Crippen LogP contribution in [0.3, 0.4) is 0 Å². The molecule has 1 fully saturated rings. The van der Waals surface area contributed by atoms with Gasteiger partial charge in [0.25, 0.3) is 0 Å². The molecular weight excluding hydrogens is 298 g/mol. The van der Waals surface area contributed by atoms with Crippen LogP contribution in [0.4, 0.5) is 0 Å². The second-order valence-corrected chi connectivity index (χ2v) is 7.87. The molecule has 2 atom stereocenters. The number of halogens is 1. The summed E-state index contributed by atoms with van der Waals surface area (Å²) < 4.78 is 24.5. The van der Waals surface area contributed by atoms with Gasteiger partial charge in [0.2, 0.25) is 0 Å². The van der Waals surface area contributed by atoms with Gasteiger partial charge in [-0.15, -0.1) is 0 Å². The molecule has 1 aliphatic heterocycles. The smallest absolute Gasteiger partial charge is 0.179 e. The van der Waals surface area contributed by atoms with Crippen molar-refractivity contribution in [1.82, 2.24) is 4.90 Å². The number of hydrogen-bond acceptors (Lipinski definition) is 4. The molecule has 2 rings (SSSR count). The Morgan fingerprint density at radius 3 is 2.60 bits per heavy atom. The van der Waals surface area contributed by atoms with Crippen molar-refractivity contribution in [2.75, 3.05) is 25.4 Å². The van der Waals surface area contributed by atoms with E-state index in [2.05, 4.69) is 11.8 Å². The highest BCUT2D eigenvalue weighted by Gasteiger charge is 2.31. The van der Waals surface area contributed by atoms with E-state index in [9.17, 15) is 13.5 Å². The number of sulfone groups is 1. The summed E-state index contributed by atoms with van der Waals surface area (Å²) in [5.41, 5.74) is 0. The van der Waals surface area contributed by atoms with E-state index in [0.717, 1.165) is 13.0 Å². The molecule has 4 nitrogen and oxygen atoms in total. The van der Waals surface area contributed by atoms with Crippen LogP contribution in [0, 0.1) is 5.92 Å². The Labute approximate surface area is 125 Å². The number of likely N-dealkylation sites (tertiary alicyclic amines) is 1. The molecule has 20 heavy (non-hydrogen) atoms. The molecule has 1 aromatic rings. The summed E-state index contributed by atoms with van der Waals surface area (Å²) >= 11 is 5.77. The van der Waals surface area contributed by atoms with Crippen molar-refractivity contribution < 1.29 is 13.5 Å². The number of rotatable bonds is 5. The van der Waals surface area contributed by atoms with Crippen LogP contribution >= 0.6 is 11.6 Å². The van der Waals surface area contributed by atoms with Crippen LogP contribution in [0.1, 0.15) is 13.3 Å². The molecule has 2 unspecified atom stereocenters. The molecule has 0 aromatic heterocycles. The lowest BCUT2D eigenvalue weighted by atomic mass is 10.0. The van der Waals surface area contributed by atoms with E-state index in [1.54, 1.807) is 12.1 Å². The lowest BCUT2D eigenvalue weighted by molar-refractivity contribution is 0.144. The normalized spacial score (nSPS) is 24.1. The molecule has 0 saturated carbocycles. The van der Waals surface area contributed by atoms with E-state index in [1.807, 2.05) is 0 Å². The number of benzene rings is 1. The first-order valence-corrected chi connectivity index (χ1v) is 8.80. The Kier molecular flexibility index (Phi) is 5.07. The van der Waals surface area contributed by atoms with Gasteiger partial charge in [0.15, 0.2) is 9.84 Å². The zero-order valence-electron chi connectivity index (χ0n) is 11.5. The van der Waals surface area contributed by atoms with Crippen LogP contribution in [0.15, 0.2) is 29.2 Å². The SMILES string of the molecule is CC1CCN(CCS(=O)(=O)c2ccc(Cl)cc2)C1CO. The van der Waals surface area contributed by atoms with Crippen LogP contribution in [0.25, 0.3) is 0 Å². The minimum absolute atomic E-state index is 0.0673. The summed E-state index contributed by atoms with van der Waals surface area (Å²) in [5.74, 6) is 0.482. The van der Waals surface area contributed by atoms with E-state index in [-0.39, 0.29) is 18.4 Å². The van der Waals surface area contributed by atoms with Crippen molar-refractivity contribution in [2.24, 2.45) is 5.92 Å². The highest BCUT2D eigenvalue weighted by molar-refractivity contribution is 7.91. The van der Waals surface area contributed by atoms with Crippen molar-refractivity contribution in [3.63, 3.8) is 0 Å². The van der Waals surface area contributed by atoms with Crippen molar-refractivity contribution in [3.05, 3.63) is 29.3 Å². The molecule has 112 valence electrons. The van der Waals surface area contributed by atoms with Gasteiger partial charge in [0, 0.05) is 17.6 Å². The zero-order valence-corrected chi connectivity index (χ0v) is 13.1. The lowest BCUT2D eigenvalue weighted by Crippen LogP contribution is -2.38. The second-order valence-electron chi connectivity index (χ2n) is 5.32. The van der Waals surface area contributed by atoms with Crippen molar-refractivity contribution >= 4 is 21.4 Å². The fraction of sp³-hybridized carbons (Fsp3) is 0.571. The van der Waals surface area contributed by atoms with Crippen molar-refractivity contribution in [2.45, 2.75) is 24.3 Å². The minimum atomic E-state index is -3.30. The number of nitrogens with zero attached hydrogens (tertiary/aromatic N) is 1. The van der Waals surface area contributed by atoms with Gasteiger partial charge in [-0.2, -0.15) is 0 Å². The Morgan fingerprint density at radius 2 is 2.00 bits per heavy atom. The van der Waals surface area contributed by atoms with Gasteiger partial charge in [0.05, 0.1) is 17.3 Å². The third-order valence-corrected chi connectivity index (χ3v) is 5.97. The maximum absolute atomic E-state index is 12.2. The maximum atomic E-state index is 12.2. The highest BCUT2D eigenvalue weighted by Crippen LogP contribution is 2.24. The summed E-state index contributed by atoms with van der Waals surface area (Å²) in [7, 11) is -3.30. The lowest BCUT2D eigenvalue weighted by Gasteiger charge is -2.24. The first-order valence-electron chi connectivity index (χ1n) is 6.77. The number of aliphatic hydroxyl groups is 1. The van der Waals surface area contributed by atoms with E-state index in [1.165, 1.54) is 12.1 Å². The monoisotopic (exact) mass is 317 g/mol. The molecule has 1 N–H and O–H groups in total. The van der Waals surface area contributed by atoms with Gasteiger partial charge in [-0.1, -0.05) is 18.5 Å². The third kappa shape index (κ3) is 3.52. The summed E-state index contributed by atoms with van der Waals surface area (Å²) in [6.07, 6.45) is 1.01. The van der Waals surface area contributed by atoms with E-state index >= 15 is 0 Å². The van der Waals surface area contributed by atoms with E-state index < -0.39 is 9.84 Å². The van der Waals surface area contributed by atoms with Crippen LogP contribution in [0.5, 0.6) is 0 Å².